The normalized spacial score (nSPS) is 11.7. The van der Waals surface area contributed by atoms with Crippen LogP contribution in [0.1, 0.15) is 12.0 Å². The highest BCUT2D eigenvalue weighted by Gasteiger charge is 2.21. The van der Waals surface area contributed by atoms with Gasteiger partial charge in [-0.05, 0) is 30.3 Å². The minimum atomic E-state index is -2.81. The number of thiophene rings is 1. The van der Waals surface area contributed by atoms with E-state index in [2.05, 4.69) is 9.97 Å². The van der Waals surface area contributed by atoms with E-state index < -0.39 is 17.8 Å². The first-order chi connectivity index (χ1) is 11.9. The average Bonchev–Trinajstić information content (AvgIpc) is 2.93. The molecule has 1 aromatic carbocycles. The fraction of sp³-hybridized carbons (Fsp3) is 0.0588. The van der Waals surface area contributed by atoms with Crippen molar-refractivity contribution in [2.75, 3.05) is 0 Å². The van der Waals surface area contributed by atoms with Gasteiger partial charge in [0.2, 0.25) is 0 Å². The van der Waals surface area contributed by atoms with Crippen molar-refractivity contribution >= 4 is 31.8 Å². The SMILES string of the molecule is O=c1cc(O)c2sc3nc(-c4ccc(F)cc4)cc(C(F)F)c3c2[nH]1. The molecule has 0 aliphatic rings. The summed E-state index contributed by atoms with van der Waals surface area (Å²) in [5.41, 5.74) is -0.0145. The van der Waals surface area contributed by atoms with Gasteiger partial charge in [-0.25, -0.2) is 18.2 Å². The highest BCUT2D eigenvalue weighted by molar-refractivity contribution is 7.25. The molecule has 0 radical (unpaired) electrons. The van der Waals surface area contributed by atoms with Gasteiger partial charge in [0.05, 0.1) is 15.9 Å². The predicted molar refractivity (Wildman–Crippen MR) is 89.8 cm³/mol. The van der Waals surface area contributed by atoms with Crippen LogP contribution in [0.3, 0.4) is 0 Å². The molecule has 4 nitrogen and oxygen atoms in total. The number of nitrogens with one attached hydrogen (secondary N) is 1. The number of rotatable bonds is 2. The number of hydrogen-bond acceptors (Lipinski definition) is 4. The highest BCUT2D eigenvalue weighted by atomic mass is 32.1. The molecule has 25 heavy (non-hydrogen) atoms. The van der Waals surface area contributed by atoms with Gasteiger partial charge in [0.25, 0.3) is 12.0 Å². The fourth-order valence-corrected chi connectivity index (χ4v) is 3.79. The standard InChI is InChI=1S/C17H9F3N2O2S/c18-8-3-1-7(2-4-8)10-5-9(16(19)20)13-14-15(25-17(13)21-10)11(23)6-12(24)22-14/h1-6,16H,(H2,22,23,24). The third-order valence-electron chi connectivity index (χ3n) is 3.82. The first kappa shape index (κ1) is 15.6. The number of aromatic amines is 1. The van der Waals surface area contributed by atoms with E-state index in [0.29, 0.717) is 5.56 Å². The topological polar surface area (TPSA) is 66.0 Å². The summed E-state index contributed by atoms with van der Waals surface area (Å²) in [6, 6.07) is 7.54. The number of halogens is 3. The lowest BCUT2D eigenvalue weighted by atomic mass is 10.1. The Bertz CT molecular complexity index is 1170. The number of aromatic hydroxyl groups is 1. The molecule has 0 fully saturated rings. The molecule has 0 bridgehead atoms. The van der Waals surface area contributed by atoms with E-state index >= 15 is 0 Å². The fourth-order valence-electron chi connectivity index (χ4n) is 2.72. The molecule has 4 aromatic rings. The minimum absolute atomic E-state index is 0.105. The van der Waals surface area contributed by atoms with Crippen LogP contribution < -0.4 is 5.56 Å². The molecule has 8 heteroatoms. The van der Waals surface area contributed by atoms with Crippen LogP contribution in [0.5, 0.6) is 5.75 Å². The number of fused-ring (bicyclic) bond motifs is 3. The lowest BCUT2D eigenvalue weighted by Gasteiger charge is -2.07. The number of H-pyrrole nitrogens is 1. The minimum Gasteiger partial charge on any atom is -0.506 e. The van der Waals surface area contributed by atoms with Gasteiger partial charge in [-0.1, -0.05) is 0 Å². The molecule has 0 unspecified atom stereocenters. The van der Waals surface area contributed by atoms with Gasteiger partial charge in [0.1, 0.15) is 16.4 Å². The Kier molecular flexibility index (Phi) is 3.50. The van der Waals surface area contributed by atoms with E-state index in [-0.39, 0.29) is 37.4 Å². The summed E-state index contributed by atoms with van der Waals surface area (Å²) in [5.74, 6) is -0.728. The highest BCUT2D eigenvalue weighted by Crippen LogP contribution is 2.41. The molecule has 3 heterocycles. The first-order valence-electron chi connectivity index (χ1n) is 7.17. The molecule has 0 aliphatic heterocycles. The molecule has 0 saturated heterocycles. The van der Waals surface area contributed by atoms with Gasteiger partial charge in [-0.3, -0.25) is 4.79 Å². The predicted octanol–water partition coefficient (Wildman–Crippen LogP) is 4.59. The Morgan fingerprint density at radius 3 is 2.56 bits per heavy atom. The number of aromatic nitrogens is 2. The van der Waals surface area contributed by atoms with Crippen LogP contribution in [0, 0.1) is 5.82 Å². The van der Waals surface area contributed by atoms with E-state index in [4.69, 9.17) is 0 Å². The second kappa shape index (κ2) is 5.59. The molecule has 0 aliphatic carbocycles. The molecule has 126 valence electrons. The van der Waals surface area contributed by atoms with Crippen LogP contribution in [0.25, 0.3) is 31.7 Å². The van der Waals surface area contributed by atoms with Crippen molar-refractivity contribution in [1.29, 1.82) is 0 Å². The quantitative estimate of drug-likeness (QED) is 0.548. The van der Waals surface area contributed by atoms with Crippen molar-refractivity contribution in [1.82, 2.24) is 9.97 Å². The first-order valence-corrected chi connectivity index (χ1v) is 7.99. The Morgan fingerprint density at radius 2 is 1.88 bits per heavy atom. The van der Waals surface area contributed by atoms with E-state index in [9.17, 15) is 23.1 Å². The van der Waals surface area contributed by atoms with Gasteiger partial charge < -0.3 is 10.1 Å². The van der Waals surface area contributed by atoms with Crippen LogP contribution in [-0.4, -0.2) is 15.1 Å². The van der Waals surface area contributed by atoms with Crippen LogP contribution in [0.4, 0.5) is 13.2 Å². The summed E-state index contributed by atoms with van der Waals surface area (Å²) < 4.78 is 40.6. The largest absolute Gasteiger partial charge is 0.506 e. The average molecular weight is 362 g/mol. The maximum absolute atomic E-state index is 13.6. The van der Waals surface area contributed by atoms with Crippen LogP contribution in [-0.2, 0) is 0 Å². The van der Waals surface area contributed by atoms with Gasteiger partial charge >= 0.3 is 0 Å². The number of hydrogen-bond donors (Lipinski definition) is 2. The summed E-state index contributed by atoms with van der Waals surface area (Å²) in [5, 5.41) is 10.0. The van der Waals surface area contributed by atoms with Crippen molar-refractivity contribution in [2.45, 2.75) is 6.43 Å². The molecule has 0 atom stereocenters. The Labute approximate surface area is 142 Å². The van der Waals surface area contributed by atoms with Gasteiger partial charge in [-0.2, -0.15) is 0 Å². The molecule has 0 amide bonds. The van der Waals surface area contributed by atoms with E-state index in [0.717, 1.165) is 17.4 Å². The zero-order chi connectivity index (χ0) is 17.7. The molecule has 0 spiro atoms. The molecule has 2 N–H and O–H groups in total. The van der Waals surface area contributed by atoms with Crippen molar-refractivity contribution < 1.29 is 18.3 Å². The second-order valence-corrected chi connectivity index (χ2v) is 6.41. The molecule has 3 aromatic heterocycles. The lowest BCUT2D eigenvalue weighted by molar-refractivity contribution is 0.153. The summed E-state index contributed by atoms with van der Waals surface area (Å²) >= 11 is 1.00. The monoisotopic (exact) mass is 362 g/mol. The number of nitrogens with zero attached hydrogens (tertiary/aromatic N) is 1. The van der Waals surface area contributed by atoms with Crippen molar-refractivity contribution in [2.24, 2.45) is 0 Å². The van der Waals surface area contributed by atoms with Crippen LogP contribution in [0.15, 0.2) is 41.2 Å². The number of benzene rings is 1. The van der Waals surface area contributed by atoms with E-state index in [1.807, 2.05) is 0 Å². The lowest BCUT2D eigenvalue weighted by Crippen LogP contribution is -2.02. The third kappa shape index (κ3) is 2.54. The number of pyridine rings is 2. The number of alkyl halides is 2. The molecule has 4 rings (SSSR count). The second-order valence-electron chi connectivity index (χ2n) is 5.41. The summed E-state index contributed by atoms with van der Waals surface area (Å²) in [4.78, 5) is 18.7. The zero-order valence-corrected chi connectivity index (χ0v) is 13.2. The summed E-state index contributed by atoms with van der Waals surface area (Å²) in [7, 11) is 0. The summed E-state index contributed by atoms with van der Waals surface area (Å²) in [6.45, 7) is 0. The summed E-state index contributed by atoms with van der Waals surface area (Å²) in [6.07, 6.45) is -2.81. The van der Waals surface area contributed by atoms with Gasteiger partial charge in [0.15, 0.2) is 0 Å². The zero-order valence-electron chi connectivity index (χ0n) is 12.4. The maximum atomic E-state index is 13.6. The van der Waals surface area contributed by atoms with Gasteiger partial charge in [-0.15, -0.1) is 11.3 Å². The smallest absolute Gasteiger partial charge is 0.264 e. The molecule has 0 saturated carbocycles. The third-order valence-corrected chi connectivity index (χ3v) is 4.92. The maximum Gasteiger partial charge on any atom is 0.264 e. The van der Waals surface area contributed by atoms with Crippen LogP contribution in [0.2, 0.25) is 0 Å². The van der Waals surface area contributed by atoms with E-state index in [1.54, 1.807) is 0 Å². The Hall–Kier alpha value is -2.87. The Balaban J connectivity index is 2.09. The van der Waals surface area contributed by atoms with E-state index in [1.165, 1.54) is 30.3 Å². The van der Waals surface area contributed by atoms with Crippen molar-refractivity contribution in [3.8, 4) is 17.0 Å². The Morgan fingerprint density at radius 1 is 1.16 bits per heavy atom. The molecular formula is C17H9F3N2O2S. The van der Waals surface area contributed by atoms with Crippen LogP contribution >= 0.6 is 11.3 Å². The van der Waals surface area contributed by atoms with Crippen molar-refractivity contribution in [3.63, 3.8) is 0 Å². The molecular weight excluding hydrogens is 353 g/mol. The van der Waals surface area contributed by atoms with Gasteiger partial charge in [0, 0.05) is 22.6 Å². The van der Waals surface area contributed by atoms with Crippen molar-refractivity contribution in [3.05, 3.63) is 58.1 Å².